The molecule has 0 amide bonds. The highest BCUT2D eigenvalue weighted by Gasteiger charge is 2.25. The van der Waals surface area contributed by atoms with Gasteiger partial charge >= 0.3 is 0 Å². The minimum Gasteiger partial charge on any atom is -0.399 e. The van der Waals surface area contributed by atoms with Gasteiger partial charge in [0.25, 0.3) is 0 Å². The van der Waals surface area contributed by atoms with E-state index in [-0.39, 0.29) is 6.04 Å². The number of nitrogens with zero attached hydrogens (tertiary/aromatic N) is 5. The number of hydrogen-bond donors (Lipinski definition) is 1. The normalized spacial score (nSPS) is 14.5. The minimum atomic E-state index is 0.258. The van der Waals surface area contributed by atoms with Crippen molar-refractivity contribution in [3.8, 4) is 11.4 Å². The van der Waals surface area contributed by atoms with Crippen LogP contribution in [0.15, 0.2) is 61.4 Å². The molecule has 1 saturated heterocycles. The van der Waals surface area contributed by atoms with Gasteiger partial charge in [-0.25, -0.2) is 9.97 Å². The Morgan fingerprint density at radius 2 is 1.94 bits per heavy atom. The highest BCUT2D eigenvalue weighted by molar-refractivity contribution is 5.79. The molecule has 1 fully saturated rings. The molecule has 33 heavy (non-hydrogen) atoms. The molecular formula is C26H28N6O. The van der Waals surface area contributed by atoms with Crippen LogP contribution in [0.2, 0.25) is 0 Å². The van der Waals surface area contributed by atoms with Gasteiger partial charge in [-0.1, -0.05) is 36.4 Å². The number of ether oxygens (including phenoxy) is 1. The number of hydrogen-bond acceptors (Lipinski definition) is 6. The van der Waals surface area contributed by atoms with Crippen molar-refractivity contribution in [1.82, 2.24) is 19.5 Å². The van der Waals surface area contributed by atoms with Gasteiger partial charge in [-0.2, -0.15) is 4.98 Å². The average Bonchev–Trinajstić information content (AvgIpc) is 3.21. The molecule has 7 nitrogen and oxygen atoms in total. The van der Waals surface area contributed by atoms with Gasteiger partial charge in [0, 0.05) is 36.7 Å². The van der Waals surface area contributed by atoms with Crippen molar-refractivity contribution in [1.29, 1.82) is 0 Å². The Morgan fingerprint density at radius 1 is 1.12 bits per heavy atom. The van der Waals surface area contributed by atoms with Crippen LogP contribution in [0, 0.1) is 13.8 Å². The number of imidazole rings is 1. The third kappa shape index (κ3) is 3.96. The van der Waals surface area contributed by atoms with Crippen LogP contribution in [0.25, 0.3) is 22.6 Å². The van der Waals surface area contributed by atoms with Crippen molar-refractivity contribution in [2.24, 2.45) is 0 Å². The zero-order valence-corrected chi connectivity index (χ0v) is 19.0. The van der Waals surface area contributed by atoms with Crippen LogP contribution >= 0.6 is 0 Å². The lowest BCUT2D eigenvalue weighted by Gasteiger charge is -2.26. The fourth-order valence-corrected chi connectivity index (χ4v) is 4.45. The van der Waals surface area contributed by atoms with Crippen LogP contribution in [0.3, 0.4) is 0 Å². The van der Waals surface area contributed by atoms with Crippen molar-refractivity contribution >= 4 is 28.5 Å². The molecule has 2 aromatic carbocycles. The zero-order chi connectivity index (χ0) is 22.9. The molecule has 0 atom stereocenters. The molecule has 0 radical (unpaired) electrons. The van der Waals surface area contributed by atoms with Crippen LogP contribution in [0.5, 0.6) is 0 Å². The maximum atomic E-state index is 6.06. The van der Waals surface area contributed by atoms with E-state index in [0.29, 0.717) is 11.6 Å². The lowest BCUT2D eigenvalue weighted by atomic mass is 10.1. The fourth-order valence-electron chi connectivity index (χ4n) is 4.45. The van der Waals surface area contributed by atoms with E-state index >= 15 is 0 Å². The first-order valence-electron chi connectivity index (χ1n) is 11.2. The molecule has 2 N–H and O–H groups in total. The predicted molar refractivity (Wildman–Crippen MR) is 133 cm³/mol. The van der Waals surface area contributed by atoms with Crippen LogP contribution in [-0.4, -0.2) is 32.7 Å². The second kappa shape index (κ2) is 8.67. The average molecular weight is 441 g/mol. The van der Waals surface area contributed by atoms with Crippen LogP contribution in [0.1, 0.15) is 30.0 Å². The van der Waals surface area contributed by atoms with Gasteiger partial charge in [-0.15, -0.1) is 0 Å². The fraction of sp³-hybridized carbons (Fsp3) is 0.269. The smallest absolute Gasteiger partial charge is 0.236 e. The largest absolute Gasteiger partial charge is 0.399 e. The SMILES string of the molecule is C=CN(c1ncc2nc(-c3cccc(C)c3)n(C3CCOCC3)c2n1)c1cc(N)ccc1C. The molecule has 0 saturated carbocycles. The lowest BCUT2D eigenvalue weighted by molar-refractivity contribution is 0.0708. The minimum absolute atomic E-state index is 0.258. The third-order valence-corrected chi connectivity index (χ3v) is 6.14. The standard InChI is InChI=1S/C26H28N6O/c1-4-31(23-15-20(27)9-8-18(23)3)26-28-16-22-25(30-26)32(21-10-12-33-13-11-21)24(29-22)19-7-5-6-17(2)14-19/h4-9,14-16,21H,1,10-13,27H2,2-3H3. The first-order chi connectivity index (χ1) is 16.0. The summed E-state index contributed by atoms with van der Waals surface area (Å²) in [6.45, 7) is 9.60. The molecule has 1 aliphatic rings. The van der Waals surface area contributed by atoms with E-state index in [9.17, 15) is 0 Å². The number of nitrogens with two attached hydrogens (primary N) is 1. The van der Waals surface area contributed by atoms with E-state index in [4.69, 9.17) is 20.4 Å². The van der Waals surface area contributed by atoms with Gasteiger partial charge in [0.1, 0.15) is 11.3 Å². The molecule has 168 valence electrons. The summed E-state index contributed by atoms with van der Waals surface area (Å²) in [4.78, 5) is 16.5. The third-order valence-electron chi connectivity index (χ3n) is 6.14. The predicted octanol–water partition coefficient (Wildman–Crippen LogP) is 5.33. The van der Waals surface area contributed by atoms with E-state index < -0.39 is 0 Å². The summed E-state index contributed by atoms with van der Waals surface area (Å²) in [7, 11) is 0. The van der Waals surface area contributed by atoms with Crippen molar-refractivity contribution < 1.29 is 4.74 Å². The molecule has 3 heterocycles. The van der Waals surface area contributed by atoms with E-state index in [2.05, 4.69) is 47.3 Å². The summed E-state index contributed by atoms with van der Waals surface area (Å²) >= 11 is 0. The van der Waals surface area contributed by atoms with E-state index in [1.165, 1.54) is 5.56 Å². The van der Waals surface area contributed by atoms with Crippen LogP contribution < -0.4 is 10.6 Å². The van der Waals surface area contributed by atoms with Gasteiger partial charge < -0.3 is 15.0 Å². The van der Waals surface area contributed by atoms with Crippen molar-refractivity contribution in [2.75, 3.05) is 23.8 Å². The summed E-state index contributed by atoms with van der Waals surface area (Å²) < 4.78 is 7.91. The second-order valence-electron chi connectivity index (χ2n) is 8.50. The van der Waals surface area contributed by atoms with E-state index in [0.717, 1.165) is 59.9 Å². The number of benzene rings is 2. The van der Waals surface area contributed by atoms with Crippen LogP contribution in [-0.2, 0) is 4.74 Å². The van der Waals surface area contributed by atoms with E-state index in [1.54, 1.807) is 12.4 Å². The Morgan fingerprint density at radius 3 is 2.70 bits per heavy atom. The molecule has 0 aliphatic carbocycles. The molecule has 2 aromatic heterocycles. The number of nitrogen functional groups attached to an aromatic ring is 1. The van der Waals surface area contributed by atoms with E-state index in [1.807, 2.05) is 30.0 Å². The lowest BCUT2D eigenvalue weighted by Crippen LogP contribution is -2.21. The highest BCUT2D eigenvalue weighted by Crippen LogP contribution is 2.34. The number of aromatic nitrogens is 4. The molecule has 7 heteroatoms. The van der Waals surface area contributed by atoms with Gasteiger partial charge in [0.2, 0.25) is 5.95 Å². The quantitative estimate of drug-likeness (QED) is 0.423. The molecule has 0 unspecified atom stereocenters. The summed E-state index contributed by atoms with van der Waals surface area (Å²) in [6.07, 6.45) is 5.36. The highest BCUT2D eigenvalue weighted by atomic mass is 16.5. The Labute approximate surface area is 193 Å². The molecule has 5 rings (SSSR count). The Balaban J connectivity index is 1.69. The van der Waals surface area contributed by atoms with Crippen molar-refractivity contribution in [2.45, 2.75) is 32.7 Å². The van der Waals surface area contributed by atoms with Gasteiger partial charge in [0.05, 0.1) is 11.9 Å². The first kappa shape index (κ1) is 21.2. The molecule has 0 bridgehead atoms. The zero-order valence-electron chi connectivity index (χ0n) is 19.0. The summed E-state index contributed by atoms with van der Waals surface area (Å²) in [5.74, 6) is 1.45. The topological polar surface area (TPSA) is 82.1 Å². The number of rotatable bonds is 5. The maximum Gasteiger partial charge on any atom is 0.236 e. The van der Waals surface area contributed by atoms with Crippen molar-refractivity contribution in [3.05, 3.63) is 72.6 Å². The monoisotopic (exact) mass is 440 g/mol. The Kier molecular flexibility index (Phi) is 5.56. The number of fused-ring (bicyclic) bond motifs is 1. The van der Waals surface area contributed by atoms with Gasteiger partial charge in [-0.3, -0.25) is 4.90 Å². The molecule has 1 aliphatic heterocycles. The number of aryl methyl sites for hydroxylation is 2. The molecule has 4 aromatic rings. The van der Waals surface area contributed by atoms with Gasteiger partial charge in [0.15, 0.2) is 5.65 Å². The number of anilines is 3. The van der Waals surface area contributed by atoms with Gasteiger partial charge in [-0.05, 0) is 50.5 Å². The second-order valence-corrected chi connectivity index (χ2v) is 8.50. The summed E-state index contributed by atoms with van der Waals surface area (Å²) in [6, 6.07) is 14.5. The molecule has 0 spiro atoms. The maximum absolute atomic E-state index is 6.06. The van der Waals surface area contributed by atoms with Crippen molar-refractivity contribution in [3.63, 3.8) is 0 Å². The van der Waals surface area contributed by atoms with Crippen LogP contribution in [0.4, 0.5) is 17.3 Å². The summed E-state index contributed by atoms with van der Waals surface area (Å²) in [5.41, 5.74) is 12.6. The molecular weight excluding hydrogens is 412 g/mol. The Hall–Kier alpha value is -3.71. The first-order valence-corrected chi connectivity index (χ1v) is 11.2. The summed E-state index contributed by atoms with van der Waals surface area (Å²) in [5, 5.41) is 0. The Bertz CT molecular complexity index is 1320.